The fraction of sp³-hybridized carbons (Fsp3) is 0.294. The molecule has 2 atom stereocenters. The fourth-order valence-electron chi connectivity index (χ4n) is 2.72. The van der Waals surface area contributed by atoms with Gasteiger partial charge in [0.1, 0.15) is 17.2 Å². The Hall–Kier alpha value is -2.63. The minimum absolute atomic E-state index is 0.247. The van der Waals surface area contributed by atoms with Crippen molar-refractivity contribution < 1.29 is 14.0 Å². The van der Waals surface area contributed by atoms with Crippen molar-refractivity contribution >= 4 is 18.3 Å². The van der Waals surface area contributed by atoms with E-state index in [4.69, 9.17) is 0 Å². The number of aldehydes is 2. The van der Waals surface area contributed by atoms with Crippen LogP contribution in [0, 0.1) is 17.7 Å². The van der Waals surface area contributed by atoms with E-state index < -0.39 is 5.82 Å². The molecule has 1 aliphatic heterocycles. The standard InChI is InChI=1S/C11H12N2O.C6H4FNO/c14-7-10-1-2-11(4-12-10)13-5-8-3-9(8)6-13;7-5-1-2-6(4-9)8-3-5/h1-2,4,7-9H,3,5-6H2;1-4H. The molecule has 118 valence electrons. The van der Waals surface area contributed by atoms with Gasteiger partial charge in [0.25, 0.3) is 0 Å². The monoisotopic (exact) mass is 313 g/mol. The molecule has 0 radical (unpaired) electrons. The Labute approximate surface area is 133 Å². The molecule has 1 saturated carbocycles. The SMILES string of the molecule is O=Cc1ccc(F)cn1.O=Cc1ccc(N2CC3CC3C2)cn1. The van der Waals surface area contributed by atoms with Crippen LogP contribution in [0.3, 0.4) is 0 Å². The summed E-state index contributed by atoms with van der Waals surface area (Å²) in [6.45, 7) is 2.35. The number of piperidine rings is 1. The summed E-state index contributed by atoms with van der Waals surface area (Å²) >= 11 is 0. The number of hydrogen-bond donors (Lipinski definition) is 0. The van der Waals surface area contributed by atoms with Gasteiger partial charge in [0.2, 0.25) is 0 Å². The second-order valence-electron chi connectivity index (χ2n) is 5.74. The number of hydrogen-bond acceptors (Lipinski definition) is 5. The molecule has 2 unspecified atom stereocenters. The molecule has 0 bridgehead atoms. The molecule has 2 fully saturated rings. The zero-order valence-corrected chi connectivity index (χ0v) is 12.4. The number of halogens is 1. The van der Waals surface area contributed by atoms with E-state index >= 15 is 0 Å². The van der Waals surface area contributed by atoms with Crippen molar-refractivity contribution in [1.82, 2.24) is 9.97 Å². The number of pyridine rings is 2. The van der Waals surface area contributed by atoms with Crippen molar-refractivity contribution in [3.8, 4) is 0 Å². The zero-order chi connectivity index (χ0) is 16.2. The first-order chi connectivity index (χ1) is 11.2. The Kier molecular flexibility index (Phi) is 4.41. The summed E-state index contributed by atoms with van der Waals surface area (Å²) in [5, 5.41) is 0. The van der Waals surface area contributed by atoms with Gasteiger partial charge in [-0.25, -0.2) is 4.39 Å². The molecule has 6 heteroatoms. The highest BCUT2D eigenvalue weighted by molar-refractivity contribution is 5.72. The van der Waals surface area contributed by atoms with Crippen molar-refractivity contribution in [1.29, 1.82) is 0 Å². The van der Waals surface area contributed by atoms with Crippen molar-refractivity contribution in [3.63, 3.8) is 0 Å². The number of anilines is 1. The van der Waals surface area contributed by atoms with Crippen molar-refractivity contribution in [2.45, 2.75) is 6.42 Å². The van der Waals surface area contributed by atoms with Crippen LogP contribution < -0.4 is 4.90 Å². The molecule has 2 aliphatic rings. The quantitative estimate of drug-likeness (QED) is 0.814. The van der Waals surface area contributed by atoms with Gasteiger partial charge >= 0.3 is 0 Å². The van der Waals surface area contributed by atoms with E-state index in [9.17, 15) is 14.0 Å². The molecule has 0 spiro atoms. The van der Waals surface area contributed by atoms with Crippen LogP contribution in [-0.2, 0) is 0 Å². The predicted octanol–water partition coefficient (Wildman–Crippen LogP) is 2.38. The van der Waals surface area contributed by atoms with E-state index in [-0.39, 0.29) is 5.69 Å². The van der Waals surface area contributed by atoms with Gasteiger partial charge in [0.05, 0.1) is 18.1 Å². The Morgan fingerprint density at radius 3 is 2.04 bits per heavy atom. The van der Waals surface area contributed by atoms with Gasteiger partial charge in [-0.1, -0.05) is 0 Å². The number of aromatic nitrogens is 2. The van der Waals surface area contributed by atoms with E-state index in [1.165, 1.54) is 31.6 Å². The average Bonchev–Trinajstić information content (AvgIpc) is 3.22. The Morgan fingerprint density at radius 2 is 1.57 bits per heavy atom. The second-order valence-corrected chi connectivity index (χ2v) is 5.74. The Morgan fingerprint density at radius 1 is 0.957 bits per heavy atom. The van der Waals surface area contributed by atoms with E-state index in [1.54, 1.807) is 12.3 Å². The van der Waals surface area contributed by atoms with Gasteiger partial charge in [-0.3, -0.25) is 19.6 Å². The lowest BCUT2D eigenvalue weighted by Crippen LogP contribution is -2.21. The summed E-state index contributed by atoms with van der Waals surface area (Å²) in [6.07, 6.45) is 5.57. The Bertz CT molecular complexity index is 678. The maximum Gasteiger partial charge on any atom is 0.168 e. The third-order valence-electron chi connectivity index (χ3n) is 4.11. The van der Waals surface area contributed by atoms with Gasteiger partial charge in [-0.15, -0.1) is 0 Å². The topological polar surface area (TPSA) is 63.2 Å². The zero-order valence-electron chi connectivity index (χ0n) is 12.4. The molecule has 3 heterocycles. The van der Waals surface area contributed by atoms with E-state index in [0.717, 1.165) is 30.0 Å². The molecule has 0 amide bonds. The maximum atomic E-state index is 12.0. The molecule has 4 rings (SSSR count). The van der Waals surface area contributed by atoms with Crippen molar-refractivity contribution in [2.75, 3.05) is 18.0 Å². The molecular weight excluding hydrogens is 297 g/mol. The van der Waals surface area contributed by atoms with Gasteiger partial charge in [0.15, 0.2) is 12.6 Å². The van der Waals surface area contributed by atoms with Crippen LogP contribution in [-0.4, -0.2) is 35.6 Å². The van der Waals surface area contributed by atoms with Gasteiger partial charge in [-0.05, 0) is 42.5 Å². The highest BCUT2D eigenvalue weighted by Gasteiger charge is 2.45. The van der Waals surface area contributed by atoms with Crippen LogP contribution in [0.4, 0.5) is 10.1 Å². The van der Waals surface area contributed by atoms with Crippen molar-refractivity contribution in [2.24, 2.45) is 11.8 Å². The van der Waals surface area contributed by atoms with Crippen LogP contribution in [0.25, 0.3) is 0 Å². The molecule has 2 aromatic heterocycles. The summed E-state index contributed by atoms with van der Waals surface area (Å²) in [5.74, 6) is 1.43. The predicted molar refractivity (Wildman–Crippen MR) is 83.0 cm³/mol. The molecular formula is C17H16FN3O2. The number of carbonyl (C=O) groups is 2. The highest BCUT2D eigenvalue weighted by atomic mass is 19.1. The van der Waals surface area contributed by atoms with Crippen LogP contribution in [0.5, 0.6) is 0 Å². The number of fused-ring (bicyclic) bond motifs is 1. The molecule has 1 saturated heterocycles. The summed E-state index contributed by atoms with van der Waals surface area (Å²) in [4.78, 5) is 30.2. The molecule has 0 aromatic carbocycles. The first-order valence-corrected chi connectivity index (χ1v) is 7.42. The maximum absolute atomic E-state index is 12.0. The lowest BCUT2D eigenvalue weighted by atomic mass is 10.3. The summed E-state index contributed by atoms with van der Waals surface area (Å²) in [7, 11) is 0. The van der Waals surface area contributed by atoms with Crippen LogP contribution in [0.1, 0.15) is 27.4 Å². The number of nitrogens with zero attached hydrogens (tertiary/aromatic N) is 3. The largest absolute Gasteiger partial charge is 0.370 e. The number of carbonyl (C=O) groups excluding carboxylic acids is 2. The minimum Gasteiger partial charge on any atom is -0.370 e. The van der Waals surface area contributed by atoms with E-state index in [1.807, 2.05) is 6.07 Å². The van der Waals surface area contributed by atoms with Crippen LogP contribution in [0.15, 0.2) is 36.7 Å². The van der Waals surface area contributed by atoms with E-state index in [0.29, 0.717) is 12.0 Å². The first kappa shape index (κ1) is 15.3. The molecule has 1 aliphatic carbocycles. The minimum atomic E-state index is -0.430. The normalized spacial score (nSPS) is 21.0. The summed E-state index contributed by atoms with van der Waals surface area (Å²) in [6, 6.07) is 6.28. The fourth-order valence-corrected chi connectivity index (χ4v) is 2.72. The average molecular weight is 313 g/mol. The molecule has 23 heavy (non-hydrogen) atoms. The molecule has 5 nitrogen and oxygen atoms in total. The summed E-state index contributed by atoms with van der Waals surface area (Å²) in [5.41, 5.74) is 1.91. The summed E-state index contributed by atoms with van der Waals surface area (Å²) < 4.78 is 12.0. The van der Waals surface area contributed by atoms with Gasteiger partial charge < -0.3 is 4.90 Å². The third kappa shape index (κ3) is 3.77. The lowest BCUT2D eigenvalue weighted by molar-refractivity contribution is 0.111. The molecule has 0 N–H and O–H groups in total. The molecule has 2 aromatic rings. The van der Waals surface area contributed by atoms with Crippen LogP contribution >= 0.6 is 0 Å². The number of rotatable bonds is 3. The third-order valence-corrected chi connectivity index (χ3v) is 4.11. The van der Waals surface area contributed by atoms with Crippen molar-refractivity contribution in [3.05, 3.63) is 53.9 Å². The lowest BCUT2D eigenvalue weighted by Gasteiger charge is -2.19. The highest BCUT2D eigenvalue weighted by Crippen LogP contribution is 2.46. The van der Waals surface area contributed by atoms with Crippen LogP contribution in [0.2, 0.25) is 0 Å². The first-order valence-electron chi connectivity index (χ1n) is 7.42. The van der Waals surface area contributed by atoms with Gasteiger partial charge in [0, 0.05) is 13.1 Å². The Balaban J connectivity index is 0.000000151. The van der Waals surface area contributed by atoms with Gasteiger partial charge in [-0.2, -0.15) is 0 Å². The van der Waals surface area contributed by atoms with E-state index in [2.05, 4.69) is 14.9 Å². The smallest absolute Gasteiger partial charge is 0.168 e. The second kappa shape index (κ2) is 6.64.